The Balaban J connectivity index is 2.01. The molecule has 168 valence electrons. The van der Waals surface area contributed by atoms with Gasteiger partial charge in [0.25, 0.3) is 0 Å². The van der Waals surface area contributed by atoms with Crippen LogP contribution >= 0.6 is 0 Å². The molecule has 7 nitrogen and oxygen atoms in total. The molecule has 0 saturated carbocycles. The zero-order valence-electron chi connectivity index (χ0n) is 19.3. The van der Waals surface area contributed by atoms with Gasteiger partial charge in [0.1, 0.15) is 11.6 Å². The normalized spacial score (nSPS) is 10.8. The van der Waals surface area contributed by atoms with Crippen LogP contribution in [0.25, 0.3) is 16.8 Å². The summed E-state index contributed by atoms with van der Waals surface area (Å²) in [7, 11) is 1.62. The van der Waals surface area contributed by atoms with Gasteiger partial charge in [0.15, 0.2) is 0 Å². The molecule has 3 aromatic rings. The molecule has 0 saturated heterocycles. The zero-order chi connectivity index (χ0) is 23.3. The number of rotatable bonds is 8. The number of ether oxygens (including phenoxy) is 1. The summed E-state index contributed by atoms with van der Waals surface area (Å²) in [6.07, 6.45) is 0. The van der Waals surface area contributed by atoms with Crippen molar-refractivity contribution in [1.82, 2.24) is 14.7 Å². The van der Waals surface area contributed by atoms with Crippen LogP contribution in [-0.4, -0.2) is 46.7 Å². The molecule has 1 heterocycles. The number of aromatic nitrogens is 2. The first-order valence-electron chi connectivity index (χ1n) is 10.6. The summed E-state index contributed by atoms with van der Waals surface area (Å²) in [4.78, 5) is 26.6. The van der Waals surface area contributed by atoms with E-state index in [2.05, 4.69) is 5.32 Å². The monoisotopic (exact) mass is 434 g/mol. The molecule has 0 aliphatic rings. The fourth-order valence-corrected chi connectivity index (χ4v) is 3.59. The molecule has 32 heavy (non-hydrogen) atoms. The number of hydrogen-bond acceptors (Lipinski definition) is 4. The largest absolute Gasteiger partial charge is 0.497 e. The number of carbonyl (C=O) groups excluding carboxylic acids is 2. The fraction of sp³-hybridized carbons (Fsp3) is 0.320. The molecule has 0 bridgehead atoms. The van der Waals surface area contributed by atoms with E-state index in [0.717, 1.165) is 28.3 Å². The maximum Gasteiger partial charge on any atom is 0.245 e. The Morgan fingerprint density at radius 1 is 1.09 bits per heavy atom. The van der Waals surface area contributed by atoms with E-state index in [1.54, 1.807) is 16.7 Å². The first-order chi connectivity index (χ1) is 15.3. The Morgan fingerprint density at radius 3 is 2.31 bits per heavy atom. The van der Waals surface area contributed by atoms with E-state index in [0.29, 0.717) is 12.4 Å². The number of hydrogen-bond donors (Lipinski definition) is 1. The van der Waals surface area contributed by atoms with Crippen molar-refractivity contribution in [1.29, 1.82) is 0 Å². The minimum absolute atomic E-state index is 0.0193. The number of methoxy groups -OCH3 is 1. The molecule has 2 aromatic carbocycles. The Bertz CT molecular complexity index is 1070. The lowest BCUT2D eigenvalue weighted by Gasteiger charge is -2.22. The quantitative estimate of drug-likeness (QED) is 0.574. The summed E-state index contributed by atoms with van der Waals surface area (Å²) in [6, 6.07) is 17.3. The summed E-state index contributed by atoms with van der Waals surface area (Å²) in [5, 5.41) is 7.73. The van der Waals surface area contributed by atoms with Crippen molar-refractivity contribution in [3.8, 4) is 22.6 Å². The smallest absolute Gasteiger partial charge is 0.245 e. The average Bonchev–Trinajstić information content (AvgIpc) is 3.09. The van der Waals surface area contributed by atoms with Crippen LogP contribution in [0, 0.1) is 12.8 Å². The maximum absolute atomic E-state index is 13.0. The van der Waals surface area contributed by atoms with Crippen LogP contribution in [0.4, 0.5) is 5.82 Å². The molecule has 1 aromatic heterocycles. The maximum atomic E-state index is 13.0. The molecule has 0 unspecified atom stereocenters. The highest BCUT2D eigenvalue weighted by Gasteiger charge is 2.22. The van der Waals surface area contributed by atoms with Gasteiger partial charge >= 0.3 is 0 Å². The summed E-state index contributed by atoms with van der Waals surface area (Å²) >= 11 is 0. The SMILES string of the molecule is COc1ccc(-n2nc(C)c(-c3ccccc3)c2NC(=O)CN(CC(C)C)C(C)=O)cc1. The molecule has 0 spiro atoms. The Hall–Kier alpha value is -3.61. The van der Waals surface area contributed by atoms with E-state index in [1.165, 1.54) is 6.92 Å². The van der Waals surface area contributed by atoms with Crippen molar-refractivity contribution in [3.05, 3.63) is 60.3 Å². The third-order valence-corrected chi connectivity index (χ3v) is 5.06. The van der Waals surface area contributed by atoms with Gasteiger partial charge in [0.2, 0.25) is 11.8 Å². The topological polar surface area (TPSA) is 76.5 Å². The first kappa shape index (κ1) is 23.1. The van der Waals surface area contributed by atoms with Crippen molar-refractivity contribution >= 4 is 17.6 Å². The second-order valence-electron chi connectivity index (χ2n) is 8.13. The number of amides is 2. The van der Waals surface area contributed by atoms with Gasteiger partial charge in [-0.25, -0.2) is 4.68 Å². The van der Waals surface area contributed by atoms with Gasteiger partial charge in [-0.15, -0.1) is 0 Å². The second kappa shape index (κ2) is 10.1. The molecule has 0 atom stereocenters. The van der Waals surface area contributed by atoms with Gasteiger partial charge in [0, 0.05) is 19.0 Å². The van der Waals surface area contributed by atoms with E-state index >= 15 is 0 Å². The predicted octanol–water partition coefficient (Wildman–Crippen LogP) is 4.30. The van der Waals surface area contributed by atoms with Crippen LogP contribution in [-0.2, 0) is 9.59 Å². The van der Waals surface area contributed by atoms with Crippen LogP contribution in [0.1, 0.15) is 26.5 Å². The molecule has 0 aliphatic carbocycles. The summed E-state index contributed by atoms with van der Waals surface area (Å²) in [6.45, 7) is 7.93. The second-order valence-corrected chi connectivity index (χ2v) is 8.13. The molecule has 0 aliphatic heterocycles. The van der Waals surface area contributed by atoms with E-state index in [-0.39, 0.29) is 24.3 Å². The highest BCUT2D eigenvalue weighted by molar-refractivity contribution is 5.97. The van der Waals surface area contributed by atoms with Crippen molar-refractivity contribution in [2.45, 2.75) is 27.7 Å². The Morgan fingerprint density at radius 2 is 1.75 bits per heavy atom. The van der Waals surface area contributed by atoms with Gasteiger partial charge in [-0.1, -0.05) is 44.2 Å². The number of anilines is 1. The highest BCUT2D eigenvalue weighted by atomic mass is 16.5. The molecule has 0 fully saturated rings. The molecule has 3 rings (SSSR count). The molecule has 1 N–H and O–H groups in total. The van der Waals surface area contributed by atoms with Crippen LogP contribution in [0.3, 0.4) is 0 Å². The van der Waals surface area contributed by atoms with Gasteiger partial charge in [-0.2, -0.15) is 5.10 Å². The third kappa shape index (κ3) is 5.35. The number of nitrogens with zero attached hydrogens (tertiary/aromatic N) is 3. The van der Waals surface area contributed by atoms with E-state index in [9.17, 15) is 9.59 Å². The Kier molecular flexibility index (Phi) is 7.30. The molecule has 0 radical (unpaired) electrons. The average molecular weight is 435 g/mol. The molecular weight excluding hydrogens is 404 g/mol. The van der Waals surface area contributed by atoms with Gasteiger partial charge in [0.05, 0.1) is 25.0 Å². The number of nitrogens with one attached hydrogen (secondary N) is 1. The van der Waals surface area contributed by atoms with Crippen molar-refractivity contribution in [3.63, 3.8) is 0 Å². The Labute approximate surface area is 189 Å². The number of benzene rings is 2. The van der Waals surface area contributed by atoms with Gasteiger partial charge in [-0.3, -0.25) is 9.59 Å². The minimum atomic E-state index is -0.271. The molecule has 2 amide bonds. The van der Waals surface area contributed by atoms with Crippen molar-refractivity contribution in [2.75, 3.05) is 25.5 Å². The number of carbonyl (C=O) groups is 2. The van der Waals surface area contributed by atoms with Crippen molar-refractivity contribution < 1.29 is 14.3 Å². The predicted molar refractivity (Wildman–Crippen MR) is 126 cm³/mol. The zero-order valence-corrected chi connectivity index (χ0v) is 19.3. The van der Waals surface area contributed by atoms with E-state index < -0.39 is 0 Å². The number of aryl methyl sites for hydroxylation is 1. The van der Waals surface area contributed by atoms with Crippen LogP contribution < -0.4 is 10.1 Å². The first-order valence-corrected chi connectivity index (χ1v) is 10.6. The molecule has 7 heteroatoms. The standard InChI is InChI=1S/C25H30N4O3/c1-17(2)15-28(19(4)30)16-23(31)26-25-24(20-9-7-6-8-10-20)18(3)27-29(25)21-11-13-22(32-5)14-12-21/h6-14,17H,15-16H2,1-5H3,(H,26,31). The molecular formula is C25H30N4O3. The van der Waals surface area contributed by atoms with Gasteiger partial charge < -0.3 is 15.0 Å². The third-order valence-electron chi connectivity index (χ3n) is 5.06. The minimum Gasteiger partial charge on any atom is -0.497 e. The van der Waals surface area contributed by atoms with Crippen molar-refractivity contribution in [2.24, 2.45) is 5.92 Å². The lowest BCUT2D eigenvalue weighted by Crippen LogP contribution is -2.39. The van der Waals surface area contributed by atoms with Crippen LogP contribution in [0.5, 0.6) is 5.75 Å². The van der Waals surface area contributed by atoms with Gasteiger partial charge in [-0.05, 0) is 42.7 Å². The lowest BCUT2D eigenvalue weighted by atomic mass is 10.1. The van der Waals surface area contributed by atoms with Crippen LogP contribution in [0.15, 0.2) is 54.6 Å². The fourth-order valence-electron chi connectivity index (χ4n) is 3.59. The highest BCUT2D eigenvalue weighted by Crippen LogP contribution is 2.33. The van der Waals surface area contributed by atoms with Crippen LogP contribution in [0.2, 0.25) is 0 Å². The van der Waals surface area contributed by atoms with E-state index in [1.807, 2.05) is 75.4 Å². The lowest BCUT2D eigenvalue weighted by molar-refractivity contribution is -0.133. The summed E-state index contributed by atoms with van der Waals surface area (Å²) < 4.78 is 6.98. The van der Waals surface area contributed by atoms with E-state index in [4.69, 9.17) is 9.84 Å². The summed E-state index contributed by atoms with van der Waals surface area (Å²) in [5.41, 5.74) is 3.36. The summed E-state index contributed by atoms with van der Waals surface area (Å²) in [5.74, 6) is 1.16.